The van der Waals surface area contributed by atoms with E-state index in [2.05, 4.69) is 39.0 Å². The Morgan fingerprint density at radius 3 is 2.56 bits per heavy atom. The average molecular weight is 339 g/mol. The molecule has 4 rings (SSSR count). The van der Waals surface area contributed by atoms with Crippen LogP contribution in [-0.4, -0.2) is 47.7 Å². The van der Waals surface area contributed by atoms with Crippen molar-refractivity contribution in [3.8, 4) is 0 Å². The van der Waals surface area contributed by atoms with E-state index >= 15 is 0 Å². The van der Waals surface area contributed by atoms with E-state index in [0.29, 0.717) is 6.54 Å². The molecule has 1 atom stereocenters. The number of anilines is 1. The summed E-state index contributed by atoms with van der Waals surface area (Å²) in [6.45, 7) is 4.26. The molecule has 5 heteroatoms. The van der Waals surface area contributed by atoms with E-state index in [0.717, 1.165) is 42.6 Å². The summed E-state index contributed by atoms with van der Waals surface area (Å²) in [5, 5.41) is 11.4. The van der Waals surface area contributed by atoms with Crippen molar-refractivity contribution < 1.29 is 9.50 Å². The SMILES string of the molecule is OC(CN1CCN(c2ccccc2)CC1)c1c[nH]c2ccc(F)cc12. The summed E-state index contributed by atoms with van der Waals surface area (Å²) in [6.07, 6.45) is 1.16. The molecule has 0 bridgehead atoms. The van der Waals surface area contributed by atoms with Gasteiger partial charge < -0.3 is 15.0 Å². The van der Waals surface area contributed by atoms with Crippen LogP contribution in [0.1, 0.15) is 11.7 Å². The van der Waals surface area contributed by atoms with Crippen molar-refractivity contribution in [2.45, 2.75) is 6.10 Å². The lowest BCUT2D eigenvalue weighted by atomic mass is 10.1. The number of aliphatic hydroxyl groups is 1. The lowest BCUT2D eigenvalue weighted by Gasteiger charge is -2.36. The summed E-state index contributed by atoms with van der Waals surface area (Å²) in [7, 11) is 0. The van der Waals surface area contributed by atoms with Crippen LogP contribution in [0.3, 0.4) is 0 Å². The molecule has 0 radical (unpaired) electrons. The number of aromatic nitrogens is 1. The number of para-hydroxylation sites is 1. The van der Waals surface area contributed by atoms with Crippen molar-refractivity contribution in [2.75, 3.05) is 37.6 Å². The van der Waals surface area contributed by atoms with Crippen molar-refractivity contribution in [2.24, 2.45) is 0 Å². The second-order valence-electron chi connectivity index (χ2n) is 6.57. The lowest BCUT2D eigenvalue weighted by Crippen LogP contribution is -2.47. The highest BCUT2D eigenvalue weighted by molar-refractivity contribution is 5.83. The van der Waals surface area contributed by atoms with Gasteiger partial charge in [0.2, 0.25) is 0 Å². The van der Waals surface area contributed by atoms with Crippen LogP contribution in [0, 0.1) is 5.82 Å². The van der Waals surface area contributed by atoms with Crippen LogP contribution in [-0.2, 0) is 0 Å². The van der Waals surface area contributed by atoms with E-state index in [1.165, 1.54) is 17.8 Å². The third-order valence-corrected chi connectivity index (χ3v) is 4.96. The Morgan fingerprint density at radius 1 is 1.04 bits per heavy atom. The van der Waals surface area contributed by atoms with Gasteiger partial charge in [-0.3, -0.25) is 4.90 Å². The molecule has 0 aliphatic carbocycles. The van der Waals surface area contributed by atoms with Gasteiger partial charge in [0, 0.05) is 61.1 Å². The number of nitrogens with one attached hydrogen (secondary N) is 1. The van der Waals surface area contributed by atoms with Gasteiger partial charge in [-0.1, -0.05) is 18.2 Å². The summed E-state index contributed by atoms with van der Waals surface area (Å²) in [6, 6.07) is 15.0. The molecule has 1 aromatic heterocycles. The molecule has 2 aromatic carbocycles. The fraction of sp³-hybridized carbons (Fsp3) is 0.300. The summed E-state index contributed by atoms with van der Waals surface area (Å²) < 4.78 is 13.5. The predicted molar refractivity (Wildman–Crippen MR) is 98.3 cm³/mol. The summed E-state index contributed by atoms with van der Waals surface area (Å²) >= 11 is 0. The van der Waals surface area contributed by atoms with Crippen LogP contribution in [0.25, 0.3) is 10.9 Å². The Kier molecular flexibility index (Phi) is 4.42. The number of hydrogen-bond donors (Lipinski definition) is 2. The van der Waals surface area contributed by atoms with Gasteiger partial charge in [-0.05, 0) is 30.3 Å². The fourth-order valence-electron chi connectivity index (χ4n) is 3.56. The topological polar surface area (TPSA) is 42.5 Å². The molecule has 0 spiro atoms. The number of aromatic amines is 1. The molecule has 1 fully saturated rings. The molecule has 1 unspecified atom stereocenters. The highest BCUT2D eigenvalue weighted by Crippen LogP contribution is 2.26. The van der Waals surface area contributed by atoms with Gasteiger partial charge in [-0.15, -0.1) is 0 Å². The van der Waals surface area contributed by atoms with Gasteiger partial charge in [0.1, 0.15) is 5.82 Å². The maximum atomic E-state index is 13.5. The smallest absolute Gasteiger partial charge is 0.123 e. The Labute approximate surface area is 146 Å². The molecule has 3 aromatic rings. The van der Waals surface area contributed by atoms with Crippen LogP contribution >= 0.6 is 0 Å². The number of nitrogens with zero attached hydrogens (tertiary/aromatic N) is 2. The van der Waals surface area contributed by atoms with E-state index < -0.39 is 6.10 Å². The minimum Gasteiger partial charge on any atom is -0.387 e. The highest BCUT2D eigenvalue weighted by Gasteiger charge is 2.21. The Bertz CT molecular complexity index is 841. The minimum atomic E-state index is -0.626. The second kappa shape index (κ2) is 6.86. The van der Waals surface area contributed by atoms with Crippen LogP contribution < -0.4 is 4.90 Å². The summed E-state index contributed by atoms with van der Waals surface area (Å²) in [4.78, 5) is 7.74. The zero-order valence-electron chi connectivity index (χ0n) is 14.0. The number of hydrogen-bond acceptors (Lipinski definition) is 3. The molecule has 0 saturated carbocycles. The van der Waals surface area contributed by atoms with Crippen LogP contribution in [0.15, 0.2) is 54.7 Å². The molecule has 1 aliphatic heterocycles. The molecule has 4 nitrogen and oxygen atoms in total. The monoisotopic (exact) mass is 339 g/mol. The van der Waals surface area contributed by atoms with E-state index in [1.807, 2.05) is 6.07 Å². The number of aliphatic hydroxyl groups excluding tert-OH is 1. The number of halogens is 1. The van der Waals surface area contributed by atoms with Gasteiger partial charge in [0.25, 0.3) is 0 Å². The molecule has 2 heterocycles. The number of H-pyrrole nitrogens is 1. The lowest BCUT2D eigenvalue weighted by molar-refractivity contribution is 0.110. The Hall–Kier alpha value is -2.37. The first kappa shape index (κ1) is 16.1. The van der Waals surface area contributed by atoms with Crippen molar-refractivity contribution in [3.63, 3.8) is 0 Å². The second-order valence-corrected chi connectivity index (χ2v) is 6.57. The first-order valence-electron chi connectivity index (χ1n) is 8.67. The maximum absolute atomic E-state index is 13.5. The fourth-order valence-corrected chi connectivity index (χ4v) is 3.56. The standard InChI is InChI=1S/C20H22FN3O/c21-15-6-7-19-17(12-15)18(13-22-19)20(25)14-23-8-10-24(11-9-23)16-4-2-1-3-5-16/h1-7,12-13,20,22,25H,8-11,14H2. The van der Waals surface area contributed by atoms with Gasteiger partial charge >= 0.3 is 0 Å². The number of β-amino-alcohol motifs (C(OH)–C–C–N with tert-alkyl or cyclic N) is 1. The number of fused-ring (bicyclic) bond motifs is 1. The zero-order chi connectivity index (χ0) is 17.2. The van der Waals surface area contributed by atoms with Gasteiger partial charge in [-0.25, -0.2) is 4.39 Å². The molecule has 130 valence electrons. The van der Waals surface area contributed by atoms with Crippen molar-refractivity contribution >= 4 is 16.6 Å². The predicted octanol–water partition coefficient (Wildman–Crippen LogP) is 3.16. The quantitative estimate of drug-likeness (QED) is 0.767. The van der Waals surface area contributed by atoms with E-state index in [1.54, 1.807) is 12.3 Å². The first-order valence-corrected chi connectivity index (χ1v) is 8.67. The molecule has 1 saturated heterocycles. The molecule has 0 amide bonds. The first-order chi connectivity index (χ1) is 12.2. The summed E-state index contributed by atoms with van der Waals surface area (Å²) in [5.74, 6) is -0.281. The van der Waals surface area contributed by atoms with Crippen molar-refractivity contribution in [3.05, 3.63) is 66.1 Å². The molecule has 25 heavy (non-hydrogen) atoms. The van der Waals surface area contributed by atoms with Gasteiger partial charge in [0.15, 0.2) is 0 Å². The van der Waals surface area contributed by atoms with Gasteiger partial charge in [0.05, 0.1) is 6.10 Å². The molecular weight excluding hydrogens is 317 g/mol. The normalized spacial score (nSPS) is 17.1. The van der Waals surface area contributed by atoms with Gasteiger partial charge in [-0.2, -0.15) is 0 Å². The Morgan fingerprint density at radius 2 is 1.80 bits per heavy atom. The van der Waals surface area contributed by atoms with Crippen molar-refractivity contribution in [1.29, 1.82) is 0 Å². The zero-order valence-corrected chi connectivity index (χ0v) is 14.0. The average Bonchev–Trinajstić information content (AvgIpc) is 3.06. The van der Waals surface area contributed by atoms with Crippen LogP contribution in [0.2, 0.25) is 0 Å². The molecular formula is C20H22FN3O. The van der Waals surface area contributed by atoms with E-state index in [9.17, 15) is 9.50 Å². The number of rotatable bonds is 4. The molecule has 1 aliphatic rings. The van der Waals surface area contributed by atoms with E-state index in [-0.39, 0.29) is 5.82 Å². The van der Waals surface area contributed by atoms with Crippen LogP contribution in [0.5, 0.6) is 0 Å². The largest absolute Gasteiger partial charge is 0.387 e. The van der Waals surface area contributed by atoms with Crippen LogP contribution in [0.4, 0.5) is 10.1 Å². The third kappa shape index (κ3) is 3.38. The van der Waals surface area contributed by atoms with E-state index in [4.69, 9.17) is 0 Å². The summed E-state index contributed by atoms with van der Waals surface area (Å²) in [5.41, 5.74) is 2.86. The Balaban J connectivity index is 1.40. The maximum Gasteiger partial charge on any atom is 0.123 e. The highest BCUT2D eigenvalue weighted by atomic mass is 19.1. The third-order valence-electron chi connectivity index (χ3n) is 4.96. The molecule has 2 N–H and O–H groups in total. The van der Waals surface area contributed by atoms with Crippen molar-refractivity contribution in [1.82, 2.24) is 9.88 Å². The minimum absolute atomic E-state index is 0.281. The number of benzene rings is 2. The number of piperazine rings is 1.